The average Bonchev–Trinajstić information content (AvgIpc) is 2.84. The van der Waals surface area contributed by atoms with Crippen LogP contribution >= 0.6 is 11.3 Å². The summed E-state index contributed by atoms with van der Waals surface area (Å²) in [4.78, 5) is 11.7. The van der Waals surface area contributed by atoms with E-state index in [1.165, 1.54) is 5.56 Å². The molecule has 3 nitrogen and oxygen atoms in total. The third kappa shape index (κ3) is 2.53. The van der Waals surface area contributed by atoms with Gasteiger partial charge in [-0.3, -0.25) is 9.48 Å². The highest BCUT2D eigenvalue weighted by atomic mass is 32.1. The van der Waals surface area contributed by atoms with Crippen molar-refractivity contribution in [1.29, 1.82) is 0 Å². The lowest BCUT2D eigenvalue weighted by Crippen LogP contribution is -1.99. The third-order valence-electron chi connectivity index (χ3n) is 2.25. The first-order valence-electron chi connectivity index (χ1n) is 4.78. The third-order valence-corrected chi connectivity index (χ3v) is 2.98. The molecule has 0 N–H and O–H groups in total. The number of carbonyl (C=O) groups is 1. The van der Waals surface area contributed by atoms with Gasteiger partial charge in [0.15, 0.2) is 5.78 Å². The molecule has 4 heteroatoms. The fraction of sp³-hybridized carbons (Fsp3) is 0.273. The van der Waals surface area contributed by atoms with Gasteiger partial charge in [0.1, 0.15) is 0 Å². The summed E-state index contributed by atoms with van der Waals surface area (Å²) in [7, 11) is 1.82. The van der Waals surface area contributed by atoms with Gasteiger partial charge < -0.3 is 0 Å². The molecule has 0 aromatic carbocycles. The molecule has 78 valence electrons. The van der Waals surface area contributed by atoms with Crippen LogP contribution < -0.4 is 0 Å². The van der Waals surface area contributed by atoms with Gasteiger partial charge >= 0.3 is 0 Å². The normalized spacial score (nSPS) is 10.5. The lowest BCUT2D eigenvalue weighted by Gasteiger charge is -1.95. The second kappa shape index (κ2) is 4.40. The van der Waals surface area contributed by atoms with Gasteiger partial charge in [0.25, 0.3) is 0 Å². The van der Waals surface area contributed by atoms with Crippen LogP contribution in [0, 0.1) is 0 Å². The highest BCUT2D eigenvalue weighted by Gasteiger charge is 2.07. The molecule has 0 unspecified atom stereocenters. The molecule has 2 aromatic rings. The maximum absolute atomic E-state index is 11.7. The van der Waals surface area contributed by atoms with Crippen molar-refractivity contribution in [2.75, 3.05) is 0 Å². The average molecular weight is 220 g/mol. The summed E-state index contributed by atoms with van der Waals surface area (Å²) >= 11 is 1.66. The van der Waals surface area contributed by atoms with E-state index in [1.807, 2.05) is 12.4 Å². The SMILES string of the molecule is Cn1cc(C(=O)CCc2ccsc2)cn1. The lowest BCUT2D eigenvalue weighted by atomic mass is 10.1. The molecule has 0 atom stereocenters. The molecule has 0 aliphatic heterocycles. The lowest BCUT2D eigenvalue weighted by molar-refractivity contribution is 0.0983. The van der Waals surface area contributed by atoms with E-state index < -0.39 is 0 Å². The summed E-state index contributed by atoms with van der Waals surface area (Å²) in [5, 5.41) is 8.09. The molecule has 0 spiro atoms. The summed E-state index contributed by atoms with van der Waals surface area (Å²) in [5.74, 6) is 0.161. The first-order chi connectivity index (χ1) is 7.25. The summed E-state index contributed by atoms with van der Waals surface area (Å²) < 4.78 is 1.65. The van der Waals surface area contributed by atoms with Gasteiger partial charge in [-0.1, -0.05) is 0 Å². The Morgan fingerprint density at radius 3 is 3.07 bits per heavy atom. The first kappa shape index (κ1) is 10.1. The molecule has 2 heterocycles. The molecular formula is C11H12N2OS. The minimum absolute atomic E-state index is 0.161. The minimum atomic E-state index is 0.161. The molecule has 0 saturated heterocycles. The van der Waals surface area contributed by atoms with Crippen LogP contribution in [-0.4, -0.2) is 15.6 Å². The fourth-order valence-corrected chi connectivity index (χ4v) is 2.11. The van der Waals surface area contributed by atoms with Crippen molar-refractivity contribution in [3.63, 3.8) is 0 Å². The van der Waals surface area contributed by atoms with E-state index in [0.717, 1.165) is 6.42 Å². The topological polar surface area (TPSA) is 34.9 Å². The Balaban J connectivity index is 1.93. The Morgan fingerprint density at radius 2 is 2.47 bits per heavy atom. The van der Waals surface area contributed by atoms with Crippen molar-refractivity contribution in [2.24, 2.45) is 7.05 Å². The quantitative estimate of drug-likeness (QED) is 0.741. The van der Waals surface area contributed by atoms with Crippen molar-refractivity contribution in [2.45, 2.75) is 12.8 Å². The van der Waals surface area contributed by atoms with Crippen LogP contribution in [0.2, 0.25) is 0 Å². The Kier molecular flexibility index (Phi) is 2.97. The summed E-state index contributed by atoms with van der Waals surface area (Å²) in [6.45, 7) is 0. The van der Waals surface area contributed by atoms with Crippen LogP contribution in [0.1, 0.15) is 22.3 Å². The highest BCUT2D eigenvalue weighted by molar-refractivity contribution is 7.07. The van der Waals surface area contributed by atoms with Crippen molar-refractivity contribution in [3.05, 3.63) is 40.3 Å². The molecule has 0 aliphatic carbocycles. The Bertz CT molecular complexity index is 445. The van der Waals surface area contributed by atoms with Crippen LogP contribution in [0.25, 0.3) is 0 Å². The van der Waals surface area contributed by atoms with E-state index in [2.05, 4.69) is 16.5 Å². The molecule has 0 aliphatic rings. The van der Waals surface area contributed by atoms with Gasteiger partial charge in [-0.25, -0.2) is 0 Å². The molecule has 15 heavy (non-hydrogen) atoms. The van der Waals surface area contributed by atoms with Crippen LogP contribution in [0.3, 0.4) is 0 Å². The number of ketones is 1. The summed E-state index contributed by atoms with van der Waals surface area (Å²) in [5.41, 5.74) is 1.94. The van der Waals surface area contributed by atoms with Crippen LogP contribution in [0.5, 0.6) is 0 Å². The first-order valence-corrected chi connectivity index (χ1v) is 5.73. The zero-order valence-electron chi connectivity index (χ0n) is 8.51. The maximum atomic E-state index is 11.7. The van der Waals surface area contributed by atoms with Gasteiger partial charge in [0.05, 0.1) is 11.8 Å². The van der Waals surface area contributed by atoms with E-state index in [9.17, 15) is 4.79 Å². The number of hydrogen-bond acceptors (Lipinski definition) is 3. The second-order valence-corrected chi connectivity index (χ2v) is 4.24. The van der Waals surface area contributed by atoms with Crippen molar-refractivity contribution >= 4 is 17.1 Å². The molecule has 2 rings (SSSR count). The van der Waals surface area contributed by atoms with Crippen LogP contribution in [-0.2, 0) is 13.5 Å². The zero-order chi connectivity index (χ0) is 10.7. The molecule has 0 fully saturated rings. The molecule has 2 aromatic heterocycles. The van der Waals surface area contributed by atoms with Gasteiger partial charge in [0, 0.05) is 19.7 Å². The number of hydrogen-bond donors (Lipinski definition) is 0. The number of carbonyl (C=O) groups excluding carboxylic acids is 1. The number of Topliss-reactive ketones (excluding diaryl/α,β-unsaturated/α-hetero) is 1. The van der Waals surface area contributed by atoms with E-state index in [4.69, 9.17) is 0 Å². The summed E-state index contributed by atoms with van der Waals surface area (Å²) in [6.07, 6.45) is 4.76. The van der Waals surface area contributed by atoms with E-state index in [0.29, 0.717) is 12.0 Å². The maximum Gasteiger partial charge on any atom is 0.166 e. The number of nitrogens with zero attached hydrogens (tertiary/aromatic N) is 2. The molecular weight excluding hydrogens is 208 g/mol. The Hall–Kier alpha value is -1.42. The van der Waals surface area contributed by atoms with Gasteiger partial charge in [-0.05, 0) is 28.8 Å². The predicted molar refractivity (Wildman–Crippen MR) is 60.2 cm³/mol. The van der Waals surface area contributed by atoms with Gasteiger partial charge in [-0.2, -0.15) is 16.4 Å². The predicted octanol–water partition coefficient (Wildman–Crippen LogP) is 2.30. The number of thiophene rings is 1. The zero-order valence-corrected chi connectivity index (χ0v) is 9.33. The number of rotatable bonds is 4. The molecule has 0 amide bonds. The standard InChI is InChI=1S/C11H12N2OS/c1-13-7-10(6-12-13)11(14)3-2-9-4-5-15-8-9/h4-8H,2-3H2,1H3. The van der Waals surface area contributed by atoms with Crippen molar-refractivity contribution in [3.8, 4) is 0 Å². The smallest absolute Gasteiger partial charge is 0.166 e. The van der Waals surface area contributed by atoms with Crippen molar-refractivity contribution < 1.29 is 4.79 Å². The molecule has 0 bridgehead atoms. The summed E-state index contributed by atoms with van der Waals surface area (Å²) in [6, 6.07) is 2.06. The van der Waals surface area contributed by atoms with Crippen molar-refractivity contribution in [1.82, 2.24) is 9.78 Å². The van der Waals surface area contributed by atoms with E-state index >= 15 is 0 Å². The van der Waals surface area contributed by atoms with Gasteiger partial charge in [-0.15, -0.1) is 0 Å². The fourth-order valence-electron chi connectivity index (χ4n) is 1.40. The number of aryl methyl sites for hydroxylation is 2. The molecule has 0 saturated carbocycles. The van der Waals surface area contributed by atoms with Crippen LogP contribution in [0.15, 0.2) is 29.2 Å². The Labute approximate surface area is 92.4 Å². The Morgan fingerprint density at radius 1 is 1.60 bits per heavy atom. The molecule has 0 radical (unpaired) electrons. The second-order valence-electron chi connectivity index (χ2n) is 3.46. The monoisotopic (exact) mass is 220 g/mol. The highest BCUT2D eigenvalue weighted by Crippen LogP contribution is 2.10. The van der Waals surface area contributed by atoms with E-state index in [1.54, 1.807) is 28.4 Å². The van der Waals surface area contributed by atoms with Crippen LogP contribution in [0.4, 0.5) is 0 Å². The number of aromatic nitrogens is 2. The van der Waals surface area contributed by atoms with E-state index in [-0.39, 0.29) is 5.78 Å². The minimum Gasteiger partial charge on any atom is -0.294 e. The van der Waals surface area contributed by atoms with Gasteiger partial charge in [0.2, 0.25) is 0 Å². The largest absolute Gasteiger partial charge is 0.294 e.